The molecule has 2 aromatic carbocycles. The molecule has 1 N–H and O–H groups in total. The van der Waals surface area contributed by atoms with Crippen molar-refractivity contribution in [1.82, 2.24) is 4.57 Å². The molecule has 1 saturated heterocycles. The molecule has 0 saturated carbocycles. The number of halogens is 1. The first-order valence-electron chi connectivity index (χ1n) is 11.6. The number of hydrogen-bond acceptors (Lipinski definition) is 6. The summed E-state index contributed by atoms with van der Waals surface area (Å²) in [7, 11) is 1.45. The van der Waals surface area contributed by atoms with Gasteiger partial charge in [-0.1, -0.05) is 30.7 Å². The van der Waals surface area contributed by atoms with Crippen molar-refractivity contribution in [3.05, 3.63) is 86.8 Å². The standard InChI is InChI=1S/C28H25ClN2O6/c1-28(15-37-16-28)12-23(24(32)9-17-3-5-18(6-4-17)27(34)35)31-14-25(36-2)22(11-26(31)33)21-10-20(29)8-7-19(21)13-30/h3-8,10-11,14,23H,9,12,15-16H2,1-2H3,(H,34,35). The number of aromatic carboxylic acids is 1. The first-order valence-corrected chi connectivity index (χ1v) is 11.9. The van der Waals surface area contributed by atoms with Crippen LogP contribution >= 0.6 is 11.6 Å². The Kier molecular flexibility index (Phi) is 7.48. The van der Waals surface area contributed by atoms with Crippen molar-refractivity contribution in [3.8, 4) is 22.9 Å². The summed E-state index contributed by atoms with van der Waals surface area (Å²) < 4.78 is 12.3. The lowest BCUT2D eigenvalue weighted by Crippen LogP contribution is -2.44. The SMILES string of the molecule is COc1cn(C(CC2(C)COC2)C(=O)Cc2ccc(C(=O)O)cc2)c(=O)cc1-c1cc(Cl)ccc1C#N. The summed E-state index contributed by atoms with van der Waals surface area (Å²) in [6.07, 6.45) is 1.89. The quantitative estimate of drug-likeness (QED) is 0.440. The Labute approximate surface area is 218 Å². The van der Waals surface area contributed by atoms with Crippen LogP contribution in [0.3, 0.4) is 0 Å². The van der Waals surface area contributed by atoms with Crippen molar-refractivity contribution in [2.75, 3.05) is 20.3 Å². The molecule has 8 nitrogen and oxygen atoms in total. The topological polar surface area (TPSA) is 119 Å². The number of methoxy groups -OCH3 is 1. The Hall–Kier alpha value is -3.93. The molecule has 4 rings (SSSR count). The van der Waals surface area contributed by atoms with Crippen molar-refractivity contribution in [2.45, 2.75) is 25.8 Å². The molecule has 0 bridgehead atoms. The average molecular weight is 521 g/mol. The Balaban J connectivity index is 1.75. The Bertz CT molecular complexity index is 1450. The number of carboxylic acids is 1. The van der Waals surface area contributed by atoms with Gasteiger partial charge in [-0.2, -0.15) is 5.26 Å². The van der Waals surface area contributed by atoms with E-state index in [0.717, 1.165) is 0 Å². The van der Waals surface area contributed by atoms with E-state index in [1.165, 1.54) is 36.1 Å². The molecule has 3 aromatic rings. The fourth-order valence-electron chi connectivity index (χ4n) is 4.47. The monoisotopic (exact) mass is 520 g/mol. The maximum Gasteiger partial charge on any atom is 0.335 e. The van der Waals surface area contributed by atoms with Gasteiger partial charge in [0, 0.05) is 34.1 Å². The lowest BCUT2D eigenvalue weighted by atomic mass is 9.80. The molecule has 0 radical (unpaired) electrons. The Morgan fingerprint density at radius 1 is 1.19 bits per heavy atom. The van der Waals surface area contributed by atoms with Gasteiger partial charge >= 0.3 is 5.97 Å². The van der Waals surface area contributed by atoms with Crippen LogP contribution in [0, 0.1) is 16.7 Å². The summed E-state index contributed by atoms with van der Waals surface area (Å²) >= 11 is 6.16. The van der Waals surface area contributed by atoms with E-state index in [9.17, 15) is 19.6 Å². The molecule has 2 heterocycles. The molecule has 1 aromatic heterocycles. The number of aromatic nitrogens is 1. The van der Waals surface area contributed by atoms with E-state index in [-0.39, 0.29) is 23.2 Å². The van der Waals surface area contributed by atoms with Gasteiger partial charge in [-0.05, 0) is 42.3 Å². The van der Waals surface area contributed by atoms with Crippen LogP contribution < -0.4 is 10.3 Å². The number of rotatable bonds is 9. The molecule has 1 aliphatic rings. The molecule has 0 spiro atoms. The molecule has 190 valence electrons. The fourth-order valence-corrected chi connectivity index (χ4v) is 4.64. The average Bonchev–Trinajstić information content (AvgIpc) is 2.86. The van der Waals surface area contributed by atoms with Gasteiger partial charge in [-0.15, -0.1) is 0 Å². The predicted molar refractivity (Wildman–Crippen MR) is 137 cm³/mol. The molecule has 0 amide bonds. The highest BCUT2D eigenvalue weighted by Gasteiger charge is 2.39. The van der Waals surface area contributed by atoms with Gasteiger partial charge in [0.15, 0.2) is 5.78 Å². The normalized spacial score (nSPS) is 14.8. The summed E-state index contributed by atoms with van der Waals surface area (Å²) in [5.41, 5.74) is 1.25. The van der Waals surface area contributed by atoms with Gasteiger partial charge in [-0.3, -0.25) is 9.59 Å². The number of ether oxygens (including phenoxy) is 2. The lowest BCUT2D eigenvalue weighted by Gasteiger charge is -2.40. The summed E-state index contributed by atoms with van der Waals surface area (Å²) in [6, 6.07) is 13.5. The maximum absolute atomic E-state index is 13.6. The molecule has 9 heteroatoms. The number of carboxylic acid groups (broad SMARTS) is 1. The van der Waals surface area contributed by atoms with Crippen LogP contribution in [0.4, 0.5) is 0 Å². The number of pyridine rings is 1. The van der Waals surface area contributed by atoms with Crippen molar-refractivity contribution in [1.29, 1.82) is 5.26 Å². The zero-order valence-corrected chi connectivity index (χ0v) is 21.1. The predicted octanol–water partition coefficient (Wildman–Crippen LogP) is 4.53. The molecular weight excluding hydrogens is 496 g/mol. The summed E-state index contributed by atoms with van der Waals surface area (Å²) in [5, 5.41) is 19.1. The highest BCUT2D eigenvalue weighted by Crippen LogP contribution is 2.38. The molecule has 1 fully saturated rings. The number of nitriles is 1. The van der Waals surface area contributed by atoms with E-state index >= 15 is 0 Å². The third-order valence-electron chi connectivity index (χ3n) is 6.53. The zero-order valence-electron chi connectivity index (χ0n) is 20.4. The number of carbonyl (C=O) groups is 2. The van der Waals surface area contributed by atoms with Gasteiger partial charge in [-0.25, -0.2) is 4.79 Å². The van der Waals surface area contributed by atoms with Crippen molar-refractivity contribution in [3.63, 3.8) is 0 Å². The van der Waals surface area contributed by atoms with E-state index < -0.39 is 17.6 Å². The first-order chi connectivity index (χ1) is 17.6. The van der Waals surface area contributed by atoms with Crippen LogP contribution in [0.15, 0.2) is 59.5 Å². The molecule has 1 aliphatic heterocycles. The van der Waals surface area contributed by atoms with Crippen LogP contribution in [-0.2, 0) is 16.0 Å². The third-order valence-corrected chi connectivity index (χ3v) is 6.77. The van der Waals surface area contributed by atoms with Gasteiger partial charge in [0.1, 0.15) is 5.75 Å². The molecular formula is C28H25ClN2O6. The third kappa shape index (κ3) is 5.58. The number of carbonyl (C=O) groups excluding carboxylic acids is 1. The van der Waals surface area contributed by atoms with E-state index in [4.69, 9.17) is 26.2 Å². The second kappa shape index (κ2) is 10.6. The number of ketones is 1. The zero-order chi connectivity index (χ0) is 26.7. The number of hydrogen-bond donors (Lipinski definition) is 1. The van der Waals surface area contributed by atoms with Crippen LogP contribution in [0.1, 0.15) is 40.9 Å². The largest absolute Gasteiger partial charge is 0.495 e. The van der Waals surface area contributed by atoms with E-state index in [0.29, 0.717) is 52.7 Å². The second-order valence-corrected chi connectivity index (χ2v) is 9.91. The van der Waals surface area contributed by atoms with Crippen LogP contribution in [-0.4, -0.2) is 41.7 Å². The van der Waals surface area contributed by atoms with E-state index in [2.05, 4.69) is 6.07 Å². The van der Waals surface area contributed by atoms with Gasteiger partial charge in [0.2, 0.25) is 0 Å². The molecule has 1 unspecified atom stereocenters. The summed E-state index contributed by atoms with van der Waals surface area (Å²) in [6.45, 7) is 2.95. The lowest BCUT2D eigenvalue weighted by molar-refractivity contribution is -0.132. The minimum absolute atomic E-state index is 0.0187. The summed E-state index contributed by atoms with van der Waals surface area (Å²) in [4.78, 5) is 38.2. The minimum atomic E-state index is -1.05. The van der Waals surface area contributed by atoms with E-state index in [1.807, 2.05) is 6.92 Å². The molecule has 1 atom stereocenters. The summed E-state index contributed by atoms with van der Waals surface area (Å²) in [5.74, 6) is -0.933. The molecule has 37 heavy (non-hydrogen) atoms. The van der Waals surface area contributed by atoms with Crippen molar-refractivity contribution >= 4 is 23.4 Å². The smallest absolute Gasteiger partial charge is 0.335 e. The highest BCUT2D eigenvalue weighted by molar-refractivity contribution is 6.31. The first kappa shape index (κ1) is 26.1. The van der Waals surface area contributed by atoms with Gasteiger partial charge < -0.3 is 19.1 Å². The van der Waals surface area contributed by atoms with Crippen molar-refractivity contribution in [2.24, 2.45) is 5.41 Å². The Morgan fingerprint density at radius 3 is 2.46 bits per heavy atom. The van der Waals surface area contributed by atoms with Crippen LogP contribution in [0.2, 0.25) is 5.02 Å². The van der Waals surface area contributed by atoms with Gasteiger partial charge in [0.25, 0.3) is 5.56 Å². The Morgan fingerprint density at radius 2 is 1.89 bits per heavy atom. The minimum Gasteiger partial charge on any atom is -0.495 e. The fraction of sp³-hybridized carbons (Fsp3) is 0.286. The van der Waals surface area contributed by atoms with Crippen LogP contribution in [0.5, 0.6) is 5.75 Å². The van der Waals surface area contributed by atoms with Gasteiger partial charge in [0.05, 0.1) is 49.8 Å². The van der Waals surface area contributed by atoms with E-state index in [1.54, 1.807) is 30.3 Å². The highest BCUT2D eigenvalue weighted by atomic mass is 35.5. The van der Waals surface area contributed by atoms with Crippen LogP contribution in [0.25, 0.3) is 11.1 Å². The maximum atomic E-state index is 13.6. The second-order valence-electron chi connectivity index (χ2n) is 9.47. The number of benzene rings is 2. The number of Topliss-reactive ketones (excluding diaryl/α,β-unsaturated/α-hetero) is 1. The number of nitrogens with zero attached hydrogens (tertiary/aromatic N) is 2. The van der Waals surface area contributed by atoms with Crippen molar-refractivity contribution < 1.29 is 24.2 Å². The molecule has 0 aliphatic carbocycles.